The number of alkyl halides is 3. The smallest absolute Gasteiger partial charge is 0.381 e. The Hall–Kier alpha value is -2.69. The van der Waals surface area contributed by atoms with Gasteiger partial charge in [-0.25, -0.2) is 9.67 Å². The monoisotopic (exact) mass is 370 g/mol. The average molecular weight is 370 g/mol. The van der Waals surface area contributed by atoms with Crippen molar-refractivity contribution in [1.82, 2.24) is 19.7 Å². The van der Waals surface area contributed by atoms with Gasteiger partial charge in [0.2, 0.25) is 5.95 Å². The number of nitrogens with one attached hydrogen (secondary N) is 2. The minimum Gasteiger partial charge on any atom is -0.381 e. The van der Waals surface area contributed by atoms with Crippen molar-refractivity contribution in [3.63, 3.8) is 0 Å². The predicted molar refractivity (Wildman–Crippen MR) is 87.5 cm³/mol. The number of halogens is 3. The van der Waals surface area contributed by atoms with Gasteiger partial charge in [-0.15, -0.1) is 0 Å². The van der Waals surface area contributed by atoms with E-state index < -0.39 is 11.7 Å². The molecule has 1 fully saturated rings. The van der Waals surface area contributed by atoms with Crippen LogP contribution in [-0.4, -0.2) is 40.0 Å². The van der Waals surface area contributed by atoms with E-state index >= 15 is 0 Å². The van der Waals surface area contributed by atoms with Gasteiger partial charge in [0.25, 0.3) is 5.56 Å². The molecular weight excluding hydrogens is 353 g/mol. The summed E-state index contributed by atoms with van der Waals surface area (Å²) in [5.74, 6) is -0.439. The maximum atomic E-state index is 12.9. The Labute approximate surface area is 146 Å². The lowest BCUT2D eigenvalue weighted by Crippen LogP contribution is -2.30. The van der Waals surface area contributed by atoms with E-state index in [2.05, 4.69) is 25.7 Å². The van der Waals surface area contributed by atoms with Crippen molar-refractivity contribution in [2.24, 2.45) is 0 Å². The summed E-state index contributed by atoms with van der Waals surface area (Å²) in [6, 6.07) is 1.28. The molecule has 0 radical (unpaired) electrons. The van der Waals surface area contributed by atoms with Gasteiger partial charge in [-0.3, -0.25) is 4.79 Å². The molecule has 3 rings (SSSR count). The van der Waals surface area contributed by atoms with Gasteiger partial charge in [-0.1, -0.05) is 0 Å². The second-order valence-corrected chi connectivity index (χ2v) is 5.70. The van der Waals surface area contributed by atoms with Crippen LogP contribution in [0.3, 0.4) is 0 Å². The molecule has 0 saturated carbocycles. The molecule has 0 unspecified atom stereocenters. The molecular formula is C15H17F3N6O2. The molecule has 2 aromatic rings. The van der Waals surface area contributed by atoms with Crippen molar-refractivity contribution in [3.05, 3.63) is 34.4 Å². The van der Waals surface area contributed by atoms with Gasteiger partial charge in [-0.05, 0) is 12.8 Å². The van der Waals surface area contributed by atoms with Crippen LogP contribution >= 0.6 is 0 Å². The molecule has 140 valence electrons. The Morgan fingerprint density at radius 3 is 2.62 bits per heavy atom. The van der Waals surface area contributed by atoms with E-state index in [4.69, 9.17) is 4.74 Å². The van der Waals surface area contributed by atoms with Crippen molar-refractivity contribution < 1.29 is 17.9 Å². The Bertz CT molecular complexity index is 833. The summed E-state index contributed by atoms with van der Waals surface area (Å²) in [5, 5.41) is 9.22. The number of ether oxygens (including phenoxy) is 1. The third kappa shape index (κ3) is 3.93. The molecule has 3 heterocycles. The first kappa shape index (κ1) is 18.1. The van der Waals surface area contributed by atoms with Crippen molar-refractivity contribution in [1.29, 1.82) is 0 Å². The van der Waals surface area contributed by atoms with Gasteiger partial charge in [-0.2, -0.15) is 23.3 Å². The summed E-state index contributed by atoms with van der Waals surface area (Å²) in [6.07, 6.45) is -1.07. The first-order chi connectivity index (χ1) is 12.4. The molecule has 0 aliphatic carbocycles. The van der Waals surface area contributed by atoms with Crippen LogP contribution in [-0.2, 0) is 10.9 Å². The summed E-state index contributed by atoms with van der Waals surface area (Å²) in [7, 11) is 1.33. The van der Waals surface area contributed by atoms with Gasteiger partial charge in [0.1, 0.15) is 11.4 Å². The normalized spacial score (nSPS) is 15.7. The van der Waals surface area contributed by atoms with Gasteiger partial charge < -0.3 is 15.4 Å². The van der Waals surface area contributed by atoms with Crippen molar-refractivity contribution in [3.8, 4) is 0 Å². The van der Waals surface area contributed by atoms with Gasteiger partial charge in [0.05, 0.1) is 17.9 Å². The summed E-state index contributed by atoms with van der Waals surface area (Å²) in [6.45, 7) is 1.15. The van der Waals surface area contributed by atoms with Crippen molar-refractivity contribution >= 4 is 17.5 Å². The molecule has 1 saturated heterocycles. The van der Waals surface area contributed by atoms with Crippen molar-refractivity contribution in [2.75, 3.05) is 30.9 Å². The maximum Gasteiger partial charge on any atom is 0.421 e. The lowest BCUT2D eigenvalue weighted by atomic mass is 10.1. The molecule has 2 N–H and O–H groups in total. The van der Waals surface area contributed by atoms with Crippen LogP contribution < -0.4 is 16.2 Å². The number of hydrogen-bond donors (Lipinski definition) is 2. The first-order valence-electron chi connectivity index (χ1n) is 7.94. The Kier molecular flexibility index (Phi) is 5.07. The fourth-order valence-electron chi connectivity index (χ4n) is 2.66. The van der Waals surface area contributed by atoms with Gasteiger partial charge in [0.15, 0.2) is 0 Å². The standard InChI is InChI=1S/C15H17F3N6O2/c1-19-13-11(15(16,17)18)8-20-14(23-13)22-9-6-12(25)24(21-7-9)10-2-4-26-5-3-10/h6-8,10H,2-5H2,1H3,(H2,19,20,22,23). The summed E-state index contributed by atoms with van der Waals surface area (Å²) < 4.78 is 45.2. The van der Waals surface area contributed by atoms with E-state index in [1.807, 2.05) is 0 Å². The van der Waals surface area contributed by atoms with E-state index in [0.29, 0.717) is 37.9 Å². The molecule has 26 heavy (non-hydrogen) atoms. The molecule has 1 aliphatic rings. The summed E-state index contributed by atoms with van der Waals surface area (Å²) in [5.41, 5.74) is -0.999. The molecule has 0 atom stereocenters. The van der Waals surface area contributed by atoms with Crippen LogP contribution in [0.15, 0.2) is 23.3 Å². The first-order valence-corrected chi connectivity index (χ1v) is 7.94. The Balaban J connectivity index is 1.81. The topological polar surface area (TPSA) is 94.0 Å². The number of hydrogen-bond acceptors (Lipinski definition) is 7. The second kappa shape index (κ2) is 7.28. The fraction of sp³-hybridized carbons (Fsp3) is 0.467. The van der Waals surface area contributed by atoms with Crippen LogP contribution in [0.25, 0.3) is 0 Å². The van der Waals surface area contributed by atoms with Gasteiger partial charge >= 0.3 is 6.18 Å². The van der Waals surface area contributed by atoms with Crippen molar-refractivity contribution in [2.45, 2.75) is 25.1 Å². The Morgan fingerprint density at radius 1 is 1.27 bits per heavy atom. The third-order valence-corrected chi connectivity index (χ3v) is 3.95. The van der Waals surface area contributed by atoms with Crippen LogP contribution in [0.5, 0.6) is 0 Å². The van der Waals surface area contributed by atoms with Crippen LogP contribution in [0.2, 0.25) is 0 Å². The highest BCUT2D eigenvalue weighted by Gasteiger charge is 2.35. The number of nitrogens with zero attached hydrogens (tertiary/aromatic N) is 4. The zero-order chi connectivity index (χ0) is 18.7. The molecule has 0 aromatic carbocycles. The lowest BCUT2D eigenvalue weighted by Gasteiger charge is -2.22. The van der Waals surface area contributed by atoms with Crippen LogP contribution in [0.1, 0.15) is 24.4 Å². The molecule has 2 aromatic heterocycles. The van der Waals surface area contributed by atoms with Gasteiger partial charge in [0, 0.05) is 32.5 Å². The van der Waals surface area contributed by atoms with E-state index in [-0.39, 0.29) is 23.4 Å². The van der Waals surface area contributed by atoms with E-state index in [1.54, 1.807) is 0 Å². The molecule has 8 nitrogen and oxygen atoms in total. The van der Waals surface area contributed by atoms with Crippen LogP contribution in [0.4, 0.5) is 30.6 Å². The lowest BCUT2D eigenvalue weighted by molar-refractivity contribution is -0.137. The highest BCUT2D eigenvalue weighted by molar-refractivity contribution is 5.55. The number of anilines is 3. The highest BCUT2D eigenvalue weighted by Crippen LogP contribution is 2.33. The van der Waals surface area contributed by atoms with E-state index in [1.165, 1.54) is 24.0 Å². The number of aromatic nitrogens is 4. The fourth-order valence-corrected chi connectivity index (χ4v) is 2.66. The molecule has 11 heteroatoms. The molecule has 0 spiro atoms. The molecule has 0 amide bonds. The minimum atomic E-state index is -4.57. The third-order valence-electron chi connectivity index (χ3n) is 3.95. The largest absolute Gasteiger partial charge is 0.421 e. The molecule has 1 aliphatic heterocycles. The number of rotatable bonds is 4. The Morgan fingerprint density at radius 2 is 2.00 bits per heavy atom. The average Bonchev–Trinajstić information content (AvgIpc) is 2.61. The van der Waals surface area contributed by atoms with Crippen LogP contribution in [0, 0.1) is 0 Å². The minimum absolute atomic E-state index is 0.0245. The summed E-state index contributed by atoms with van der Waals surface area (Å²) in [4.78, 5) is 19.7. The zero-order valence-corrected chi connectivity index (χ0v) is 13.9. The quantitative estimate of drug-likeness (QED) is 0.852. The molecule has 0 bridgehead atoms. The maximum absolute atomic E-state index is 12.9. The summed E-state index contributed by atoms with van der Waals surface area (Å²) >= 11 is 0. The predicted octanol–water partition coefficient (Wildman–Crippen LogP) is 2.19. The van der Waals surface area contributed by atoms with E-state index in [0.717, 1.165) is 0 Å². The highest BCUT2D eigenvalue weighted by atomic mass is 19.4. The van der Waals surface area contributed by atoms with E-state index in [9.17, 15) is 18.0 Å². The zero-order valence-electron chi connectivity index (χ0n) is 13.9. The second-order valence-electron chi connectivity index (χ2n) is 5.70. The SMILES string of the molecule is CNc1nc(Nc2cnn(C3CCOCC3)c(=O)c2)ncc1C(F)(F)F.